The number of carbonyl (C=O) groups is 2. The number of nitrogens with one attached hydrogen (secondary N) is 1. The van der Waals surface area contributed by atoms with Crippen LogP contribution in [0.4, 0.5) is 10.5 Å². The molecule has 1 saturated heterocycles. The number of benzene rings is 2. The maximum absolute atomic E-state index is 12.2. The quantitative estimate of drug-likeness (QED) is 0.281. The number of non-ortho nitro benzene ring substituents is 1. The molecule has 30 heavy (non-hydrogen) atoms. The summed E-state index contributed by atoms with van der Waals surface area (Å²) in [5.74, 6) is 0.466. The maximum atomic E-state index is 12.2. The second-order valence-electron chi connectivity index (χ2n) is 6.28. The van der Waals surface area contributed by atoms with Crippen LogP contribution in [0.5, 0.6) is 11.5 Å². The first kappa shape index (κ1) is 21.3. The minimum Gasteiger partial charge on any atom is -0.493 e. The third kappa shape index (κ3) is 4.43. The number of nitrogens with zero attached hydrogens (tertiary/aromatic N) is 2. The van der Waals surface area contributed by atoms with Crippen LogP contribution in [0.3, 0.4) is 0 Å². The zero-order valence-electron chi connectivity index (χ0n) is 16.2. The molecule has 1 aliphatic heterocycles. The number of nitro groups is 1. The van der Waals surface area contributed by atoms with Crippen LogP contribution in [0.15, 0.2) is 46.6 Å². The number of rotatable bonds is 7. The first-order chi connectivity index (χ1) is 14.3. The lowest BCUT2D eigenvalue weighted by molar-refractivity contribution is -0.384. The van der Waals surface area contributed by atoms with Crippen LogP contribution in [-0.2, 0) is 11.4 Å². The van der Waals surface area contributed by atoms with Crippen molar-refractivity contribution in [1.82, 2.24) is 10.2 Å². The molecule has 0 bridgehead atoms. The Morgan fingerprint density at radius 1 is 1.23 bits per heavy atom. The van der Waals surface area contributed by atoms with Gasteiger partial charge in [0.1, 0.15) is 12.3 Å². The normalized spacial score (nSPS) is 14.8. The van der Waals surface area contributed by atoms with Crippen LogP contribution < -0.4 is 14.8 Å². The monoisotopic (exact) mass is 475 g/mol. The van der Waals surface area contributed by atoms with Gasteiger partial charge in [-0.15, -0.1) is 0 Å². The molecular weight excluding hydrogens is 458 g/mol. The van der Waals surface area contributed by atoms with Crippen molar-refractivity contribution in [3.63, 3.8) is 0 Å². The largest absolute Gasteiger partial charge is 0.493 e. The van der Waals surface area contributed by atoms with Crippen LogP contribution in [0, 0.1) is 10.1 Å². The SMILES string of the molecule is CCN1C(=O)N/C(=C/c2cc(Br)c(OCc3ccc([N+](=O)[O-])cc3)c(OC)c2)C1=O. The number of likely N-dealkylation sites (N-methyl/N-ethyl adjacent to an activating group) is 1. The maximum Gasteiger partial charge on any atom is 0.328 e. The van der Waals surface area contributed by atoms with E-state index in [1.54, 1.807) is 37.3 Å². The molecule has 2 aromatic carbocycles. The van der Waals surface area contributed by atoms with Crippen molar-refractivity contribution in [2.24, 2.45) is 0 Å². The molecule has 3 rings (SSSR count). The molecule has 0 aliphatic carbocycles. The van der Waals surface area contributed by atoms with E-state index in [4.69, 9.17) is 9.47 Å². The van der Waals surface area contributed by atoms with Gasteiger partial charge in [-0.25, -0.2) is 4.79 Å². The number of amides is 3. The van der Waals surface area contributed by atoms with E-state index in [-0.39, 0.29) is 24.5 Å². The van der Waals surface area contributed by atoms with Gasteiger partial charge in [0.15, 0.2) is 11.5 Å². The summed E-state index contributed by atoms with van der Waals surface area (Å²) in [5, 5.41) is 13.3. The highest BCUT2D eigenvalue weighted by atomic mass is 79.9. The fourth-order valence-electron chi connectivity index (χ4n) is 2.86. The van der Waals surface area contributed by atoms with E-state index >= 15 is 0 Å². The van der Waals surface area contributed by atoms with Gasteiger partial charge in [0.25, 0.3) is 11.6 Å². The molecule has 0 unspecified atom stereocenters. The molecular formula is C20H18BrN3O6. The van der Waals surface area contributed by atoms with E-state index < -0.39 is 16.9 Å². The van der Waals surface area contributed by atoms with Crippen LogP contribution in [0.2, 0.25) is 0 Å². The third-order valence-corrected chi connectivity index (χ3v) is 4.96. The predicted octanol–water partition coefficient (Wildman–Crippen LogP) is 3.86. The van der Waals surface area contributed by atoms with Crippen molar-refractivity contribution in [3.8, 4) is 11.5 Å². The highest BCUT2D eigenvalue weighted by Crippen LogP contribution is 2.38. The van der Waals surface area contributed by atoms with E-state index in [9.17, 15) is 19.7 Å². The number of hydrogen-bond donors (Lipinski definition) is 1. The lowest BCUT2D eigenvalue weighted by atomic mass is 10.1. The Kier molecular flexibility index (Phi) is 6.36. The van der Waals surface area contributed by atoms with Gasteiger partial charge in [0.05, 0.1) is 16.5 Å². The molecule has 0 spiro atoms. The van der Waals surface area contributed by atoms with E-state index in [2.05, 4.69) is 21.2 Å². The Balaban J connectivity index is 1.81. The van der Waals surface area contributed by atoms with Crippen molar-refractivity contribution in [2.45, 2.75) is 13.5 Å². The Hall–Kier alpha value is -3.40. The van der Waals surface area contributed by atoms with E-state index in [1.165, 1.54) is 19.2 Å². The molecule has 10 heteroatoms. The van der Waals surface area contributed by atoms with Crippen molar-refractivity contribution in [2.75, 3.05) is 13.7 Å². The van der Waals surface area contributed by atoms with Crippen LogP contribution in [0.25, 0.3) is 6.08 Å². The first-order valence-electron chi connectivity index (χ1n) is 8.92. The number of urea groups is 1. The predicted molar refractivity (Wildman–Crippen MR) is 112 cm³/mol. The van der Waals surface area contributed by atoms with Gasteiger partial charge in [0.2, 0.25) is 0 Å². The standard InChI is InChI=1S/C20H18BrN3O6/c1-3-23-19(25)16(22-20(23)26)9-13-8-15(21)18(17(10-13)29-2)30-11-12-4-6-14(7-5-12)24(27)28/h4-10H,3,11H2,1-2H3,(H,22,26)/b16-9+. The molecule has 0 saturated carbocycles. The zero-order chi connectivity index (χ0) is 21.8. The summed E-state index contributed by atoms with van der Waals surface area (Å²) in [6.07, 6.45) is 1.56. The van der Waals surface area contributed by atoms with Crippen molar-refractivity contribution < 1.29 is 24.0 Å². The Labute approximate surface area is 180 Å². The molecule has 3 amide bonds. The van der Waals surface area contributed by atoms with Crippen molar-refractivity contribution in [1.29, 1.82) is 0 Å². The van der Waals surface area contributed by atoms with E-state index in [1.807, 2.05) is 0 Å². The fraction of sp³-hybridized carbons (Fsp3) is 0.200. The average Bonchev–Trinajstić information content (AvgIpc) is 2.99. The minimum absolute atomic E-state index is 0.00471. The minimum atomic E-state index is -0.464. The van der Waals surface area contributed by atoms with E-state index in [0.29, 0.717) is 21.5 Å². The highest BCUT2D eigenvalue weighted by Gasteiger charge is 2.32. The lowest BCUT2D eigenvalue weighted by Crippen LogP contribution is -2.30. The Bertz CT molecular complexity index is 1040. The molecule has 0 radical (unpaired) electrons. The lowest BCUT2D eigenvalue weighted by Gasteiger charge is -2.14. The Morgan fingerprint density at radius 2 is 1.93 bits per heavy atom. The number of imide groups is 1. The smallest absolute Gasteiger partial charge is 0.328 e. The second kappa shape index (κ2) is 8.95. The van der Waals surface area contributed by atoms with Gasteiger partial charge in [-0.3, -0.25) is 19.8 Å². The summed E-state index contributed by atoms with van der Waals surface area (Å²) in [7, 11) is 1.48. The van der Waals surface area contributed by atoms with Gasteiger partial charge < -0.3 is 14.8 Å². The van der Waals surface area contributed by atoms with Crippen LogP contribution >= 0.6 is 15.9 Å². The zero-order valence-corrected chi connectivity index (χ0v) is 17.8. The topological polar surface area (TPSA) is 111 Å². The molecule has 0 aromatic heterocycles. The second-order valence-corrected chi connectivity index (χ2v) is 7.14. The summed E-state index contributed by atoms with van der Waals surface area (Å²) in [4.78, 5) is 35.4. The molecule has 1 fully saturated rings. The van der Waals surface area contributed by atoms with Gasteiger partial charge in [-0.2, -0.15) is 0 Å². The van der Waals surface area contributed by atoms with Crippen LogP contribution in [-0.4, -0.2) is 35.4 Å². The average molecular weight is 476 g/mol. The Morgan fingerprint density at radius 3 is 2.50 bits per heavy atom. The summed E-state index contributed by atoms with van der Waals surface area (Å²) >= 11 is 3.44. The van der Waals surface area contributed by atoms with Gasteiger partial charge >= 0.3 is 6.03 Å². The van der Waals surface area contributed by atoms with Crippen molar-refractivity contribution in [3.05, 3.63) is 67.8 Å². The number of ether oxygens (including phenoxy) is 2. The van der Waals surface area contributed by atoms with Crippen molar-refractivity contribution >= 4 is 39.6 Å². The number of methoxy groups -OCH3 is 1. The van der Waals surface area contributed by atoms with Crippen LogP contribution in [0.1, 0.15) is 18.1 Å². The molecule has 9 nitrogen and oxygen atoms in total. The number of hydrogen-bond acceptors (Lipinski definition) is 6. The molecule has 1 aliphatic rings. The van der Waals surface area contributed by atoms with Gasteiger partial charge in [-0.1, -0.05) is 0 Å². The highest BCUT2D eigenvalue weighted by molar-refractivity contribution is 9.10. The number of halogens is 1. The third-order valence-electron chi connectivity index (χ3n) is 4.37. The molecule has 1 heterocycles. The van der Waals surface area contributed by atoms with Gasteiger partial charge in [-0.05, 0) is 64.3 Å². The molecule has 2 aromatic rings. The molecule has 156 valence electrons. The van der Waals surface area contributed by atoms with E-state index in [0.717, 1.165) is 10.5 Å². The summed E-state index contributed by atoms with van der Waals surface area (Å²) in [6, 6.07) is 9.00. The van der Waals surface area contributed by atoms with Gasteiger partial charge in [0, 0.05) is 18.7 Å². The first-order valence-corrected chi connectivity index (χ1v) is 9.71. The molecule has 0 atom stereocenters. The number of carbonyl (C=O) groups excluding carboxylic acids is 2. The molecule has 1 N–H and O–H groups in total. The summed E-state index contributed by atoms with van der Waals surface area (Å²) < 4.78 is 11.8. The summed E-state index contributed by atoms with van der Waals surface area (Å²) in [6.45, 7) is 2.18. The number of nitro benzene ring substituents is 1. The fourth-order valence-corrected chi connectivity index (χ4v) is 3.43. The summed E-state index contributed by atoms with van der Waals surface area (Å²) in [5.41, 5.74) is 1.56.